The first kappa shape index (κ1) is 20.9. The van der Waals surface area contributed by atoms with Gasteiger partial charge in [-0.15, -0.1) is 0 Å². The van der Waals surface area contributed by atoms with Crippen LogP contribution >= 0.6 is 15.9 Å². The molecule has 0 aromatic heterocycles. The number of nitrogens with zero attached hydrogens (tertiary/aromatic N) is 1. The molecular weight excluding hydrogens is 416 g/mol. The number of ether oxygens (including phenoxy) is 2. The highest BCUT2D eigenvalue weighted by Crippen LogP contribution is 2.36. The van der Waals surface area contributed by atoms with Gasteiger partial charge in [-0.3, -0.25) is 4.90 Å². The summed E-state index contributed by atoms with van der Waals surface area (Å²) in [5, 5.41) is 3.70. The Hall–Kier alpha value is -1.82. The first-order valence-corrected chi connectivity index (χ1v) is 10.6. The molecule has 0 radical (unpaired) electrons. The fraction of sp³-hybridized carbons (Fsp3) is 0.391. The molecule has 0 saturated carbocycles. The molecule has 0 bridgehead atoms. The Morgan fingerprint density at radius 2 is 1.93 bits per heavy atom. The van der Waals surface area contributed by atoms with Crippen molar-refractivity contribution in [1.29, 1.82) is 0 Å². The van der Waals surface area contributed by atoms with Crippen LogP contribution in [0.3, 0.4) is 0 Å². The Labute approximate surface area is 176 Å². The van der Waals surface area contributed by atoms with Gasteiger partial charge < -0.3 is 14.8 Å². The van der Waals surface area contributed by atoms with Gasteiger partial charge in [-0.1, -0.05) is 43.0 Å². The lowest BCUT2D eigenvalue weighted by Crippen LogP contribution is -2.41. The molecule has 1 fully saturated rings. The zero-order chi connectivity index (χ0) is 19.8. The van der Waals surface area contributed by atoms with Gasteiger partial charge in [0, 0.05) is 19.1 Å². The highest BCUT2D eigenvalue weighted by Gasteiger charge is 2.19. The summed E-state index contributed by atoms with van der Waals surface area (Å²) in [6, 6.07) is 15.4. The van der Waals surface area contributed by atoms with E-state index in [1.54, 1.807) is 13.2 Å². The standard InChI is InChI=1S/C23H29BrN2O2/c1-3-13-28-23-21(24)14-19(15-22(23)27-2)16-25-20-9-11-26(12-10-20)17-18-7-5-4-6-8-18/h3-8,14-15,20,25H,1,9-13,16-17H2,2H3. The van der Waals surface area contributed by atoms with Crippen molar-refractivity contribution in [2.45, 2.75) is 32.0 Å². The Morgan fingerprint density at radius 3 is 2.61 bits per heavy atom. The van der Waals surface area contributed by atoms with Crippen LogP contribution in [-0.4, -0.2) is 37.7 Å². The molecule has 5 heteroatoms. The van der Waals surface area contributed by atoms with Gasteiger partial charge in [-0.25, -0.2) is 0 Å². The molecule has 4 nitrogen and oxygen atoms in total. The third-order valence-electron chi connectivity index (χ3n) is 5.07. The minimum atomic E-state index is 0.452. The second kappa shape index (κ2) is 10.6. The van der Waals surface area contributed by atoms with Crippen LogP contribution in [0.15, 0.2) is 59.6 Å². The van der Waals surface area contributed by atoms with Crippen LogP contribution in [0.5, 0.6) is 11.5 Å². The molecule has 1 N–H and O–H groups in total. The maximum absolute atomic E-state index is 5.70. The minimum absolute atomic E-state index is 0.452. The van der Waals surface area contributed by atoms with E-state index in [1.165, 1.54) is 24.0 Å². The van der Waals surface area contributed by atoms with Crippen molar-refractivity contribution in [2.24, 2.45) is 0 Å². The molecule has 0 amide bonds. The van der Waals surface area contributed by atoms with Gasteiger partial charge in [0.15, 0.2) is 11.5 Å². The van der Waals surface area contributed by atoms with E-state index in [1.807, 2.05) is 6.07 Å². The van der Waals surface area contributed by atoms with Crippen molar-refractivity contribution in [3.8, 4) is 11.5 Å². The van der Waals surface area contributed by atoms with E-state index in [9.17, 15) is 0 Å². The number of hydrogen-bond acceptors (Lipinski definition) is 4. The van der Waals surface area contributed by atoms with Crippen LogP contribution in [0.25, 0.3) is 0 Å². The summed E-state index contributed by atoms with van der Waals surface area (Å²) in [4.78, 5) is 2.54. The lowest BCUT2D eigenvalue weighted by atomic mass is 10.0. The third kappa shape index (κ3) is 5.84. The van der Waals surface area contributed by atoms with Gasteiger partial charge in [-0.2, -0.15) is 0 Å². The summed E-state index contributed by atoms with van der Waals surface area (Å²) in [6.07, 6.45) is 4.07. The Kier molecular flexibility index (Phi) is 7.95. The smallest absolute Gasteiger partial charge is 0.175 e. The quantitative estimate of drug-likeness (QED) is 0.564. The van der Waals surface area contributed by atoms with Crippen molar-refractivity contribution in [1.82, 2.24) is 10.2 Å². The Bertz CT molecular complexity index is 759. The number of hydrogen-bond donors (Lipinski definition) is 1. The summed E-state index contributed by atoms with van der Waals surface area (Å²) in [6.45, 7) is 8.28. The highest BCUT2D eigenvalue weighted by molar-refractivity contribution is 9.10. The summed E-state index contributed by atoms with van der Waals surface area (Å²) < 4.78 is 12.1. The van der Waals surface area contributed by atoms with E-state index in [-0.39, 0.29) is 0 Å². The summed E-state index contributed by atoms with van der Waals surface area (Å²) in [5.41, 5.74) is 2.58. The summed E-state index contributed by atoms with van der Waals surface area (Å²) in [7, 11) is 1.67. The van der Waals surface area contributed by atoms with Crippen molar-refractivity contribution < 1.29 is 9.47 Å². The first-order chi connectivity index (χ1) is 13.7. The second-order valence-electron chi connectivity index (χ2n) is 7.13. The average Bonchev–Trinajstić information content (AvgIpc) is 2.73. The van der Waals surface area contributed by atoms with Gasteiger partial charge >= 0.3 is 0 Å². The monoisotopic (exact) mass is 444 g/mol. The SMILES string of the molecule is C=CCOc1c(Br)cc(CNC2CCN(Cc3ccccc3)CC2)cc1OC. The fourth-order valence-corrected chi connectivity index (χ4v) is 4.16. The number of likely N-dealkylation sites (tertiary alicyclic amines) is 1. The van der Waals surface area contributed by atoms with Gasteiger partial charge in [-0.05, 0) is 65.1 Å². The number of rotatable bonds is 9. The van der Waals surface area contributed by atoms with Crippen LogP contribution in [0.2, 0.25) is 0 Å². The molecule has 1 heterocycles. The molecule has 0 spiro atoms. The maximum Gasteiger partial charge on any atom is 0.175 e. The van der Waals surface area contributed by atoms with Crippen molar-refractivity contribution >= 4 is 15.9 Å². The van der Waals surface area contributed by atoms with Crippen LogP contribution in [0.4, 0.5) is 0 Å². The van der Waals surface area contributed by atoms with Crippen LogP contribution in [0, 0.1) is 0 Å². The molecule has 1 saturated heterocycles. The zero-order valence-corrected chi connectivity index (χ0v) is 18.1. The highest BCUT2D eigenvalue weighted by atomic mass is 79.9. The van der Waals surface area contributed by atoms with Crippen LogP contribution in [-0.2, 0) is 13.1 Å². The van der Waals surface area contributed by atoms with Gasteiger partial charge in [0.1, 0.15) is 6.61 Å². The van der Waals surface area contributed by atoms with Gasteiger partial charge in [0.25, 0.3) is 0 Å². The molecule has 0 unspecified atom stereocenters. The molecule has 2 aromatic carbocycles. The van der Waals surface area contributed by atoms with E-state index in [0.717, 1.165) is 42.2 Å². The van der Waals surface area contributed by atoms with Crippen molar-refractivity contribution in [3.05, 3.63) is 70.7 Å². The first-order valence-electron chi connectivity index (χ1n) is 9.79. The van der Waals surface area contributed by atoms with E-state index in [2.05, 4.69) is 69.1 Å². The number of benzene rings is 2. The van der Waals surface area contributed by atoms with E-state index >= 15 is 0 Å². The number of nitrogens with one attached hydrogen (secondary N) is 1. The molecule has 1 aliphatic rings. The topological polar surface area (TPSA) is 33.7 Å². The number of piperidine rings is 1. The normalized spacial score (nSPS) is 15.4. The zero-order valence-electron chi connectivity index (χ0n) is 16.5. The van der Waals surface area contributed by atoms with Crippen LogP contribution < -0.4 is 14.8 Å². The van der Waals surface area contributed by atoms with Gasteiger partial charge in [0.2, 0.25) is 0 Å². The van der Waals surface area contributed by atoms with E-state index < -0.39 is 0 Å². The van der Waals surface area contributed by atoms with E-state index in [0.29, 0.717) is 12.6 Å². The Morgan fingerprint density at radius 1 is 1.18 bits per heavy atom. The molecular formula is C23H29BrN2O2. The van der Waals surface area contributed by atoms with Crippen LogP contribution in [0.1, 0.15) is 24.0 Å². The van der Waals surface area contributed by atoms with Crippen molar-refractivity contribution in [3.63, 3.8) is 0 Å². The van der Waals surface area contributed by atoms with Crippen molar-refractivity contribution in [2.75, 3.05) is 26.8 Å². The number of halogens is 1. The molecule has 150 valence electrons. The molecule has 2 aromatic rings. The summed E-state index contributed by atoms with van der Waals surface area (Å²) >= 11 is 3.60. The summed E-state index contributed by atoms with van der Waals surface area (Å²) in [5.74, 6) is 1.46. The lowest BCUT2D eigenvalue weighted by molar-refractivity contribution is 0.190. The average molecular weight is 445 g/mol. The second-order valence-corrected chi connectivity index (χ2v) is 7.98. The lowest BCUT2D eigenvalue weighted by Gasteiger charge is -2.32. The molecule has 1 aliphatic heterocycles. The fourth-order valence-electron chi connectivity index (χ4n) is 3.56. The Balaban J connectivity index is 1.49. The molecule has 28 heavy (non-hydrogen) atoms. The maximum atomic E-state index is 5.70. The van der Waals surface area contributed by atoms with E-state index in [4.69, 9.17) is 9.47 Å². The number of methoxy groups -OCH3 is 1. The predicted molar refractivity (Wildman–Crippen MR) is 118 cm³/mol. The largest absolute Gasteiger partial charge is 0.493 e. The van der Waals surface area contributed by atoms with Gasteiger partial charge in [0.05, 0.1) is 11.6 Å². The third-order valence-corrected chi connectivity index (χ3v) is 5.66. The molecule has 0 aliphatic carbocycles. The predicted octanol–water partition coefficient (Wildman–Crippen LogP) is 4.78. The molecule has 3 rings (SSSR count). The minimum Gasteiger partial charge on any atom is -0.493 e. The molecule has 0 atom stereocenters.